The highest BCUT2D eigenvalue weighted by molar-refractivity contribution is 7.13. The van der Waals surface area contributed by atoms with Crippen LogP contribution in [0.15, 0.2) is 29.6 Å². The summed E-state index contributed by atoms with van der Waals surface area (Å²) in [7, 11) is 3.35. The molecule has 3 rings (SSSR count). The van der Waals surface area contributed by atoms with Gasteiger partial charge in [-0.1, -0.05) is 12.1 Å². The van der Waals surface area contributed by atoms with Crippen molar-refractivity contribution in [1.29, 1.82) is 0 Å². The second-order valence-corrected chi connectivity index (χ2v) is 6.75. The number of thiazole rings is 1. The first-order valence-electron chi connectivity index (χ1n) is 8.32. The van der Waals surface area contributed by atoms with E-state index in [0.29, 0.717) is 5.69 Å². The normalized spacial score (nSPS) is 15.4. The Labute approximate surface area is 152 Å². The summed E-state index contributed by atoms with van der Waals surface area (Å²) in [5, 5.41) is 2.68. The molecule has 1 aliphatic rings. The summed E-state index contributed by atoms with van der Waals surface area (Å²) in [6.07, 6.45) is 0. The molecule has 1 amide bonds. The number of rotatable bonds is 6. The Hall–Kier alpha value is -1.96. The van der Waals surface area contributed by atoms with Gasteiger partial charge < -0.3 is 14.4 Å². The van der Waals surface area contributed by atoms with Gasteiger partial charge in [-0.05, 0) is 12.1 Å². The summed E-state index contributed by atoms with van der Waals surface area (Å²) in [6.45, 7) is 4.85. The van der Waals surface area contributed by atoms with Crippen molar-refractivity contribution in [3.63, 3.8) is 0 Å². The number of piperazine rings is 1. The van der Waals surface area contributed by atoms with E-state index in [1.54, 1.807) is 14.2 Å². The van der Waals surface area contributed by atoms with Gasteiger partial charge in [0.05, 0.1) is 13.7 Å². The average Bonchev–Trinajstić information content (AvgIpc) is 3.16. The lowest BCUT2D eigenvalue weighted by Crippen LogP contribution is -2.49. The molecule has 0 aliphatic carbocycles. The summed E-state index contributed by atoms with van der Waals surface area (Å²) in [6, 6.07) is 7.73. The molecule has 0 radical (unpaired) electrons. The molecule has 2 heterocycles. The Morgan fingerprint density at radius 2 is 2.04 bits per heavy atom. The molecule has 1 fully saturated rings. The van der Waals surface area contributed by atoms with Gasteiger partial charge in [-0.25, -0.2) is 4.98 Å². The zero-order valence-corrected chi connectivity index (χ0v) is 15.4. The minimum Gasteiger partial charge on any atom is -0.497 e. The number of amides is 1. The minimum atomic E-state index is 0.0109. The molecule has 1 aromatic carbocycles. The first kappa shape index (κ1) is 17.8. The smallest absolute Gasteiger partial charge is 0.273 e. The van der Waals surface area contributed by atoms with E-state index in [1.807, 2.05) is 34.5 Å². The van der Waals surface area contributed by atoms with E-state index in [9.17, 15) is 4.79 Å². The molecule has 1 aromatic heterocycles. The van der Waals surface area contributed by atoms with Gasteiger partial charge in [0, 0.05) is 50.8 Å². The molecule has 0 bridgehead atoms. The van der Waals surface area contributed by atoms with Crippen LogP contribution >= 0.6 is 11.3 Å². The number of aromatic nitrogens is 1. The van der Waals surface area contributed by atoms with Gasteiger partial charge in [0.15, 0.2) is 0 Å². The fourth-order valence-electron chi connectivity index (χ4n) is 2.82. The molecule has 25 heavy (non-hydrogen) atoms. The highest BCUT2D eigenvalue weighted by Gasteiger charge is 2.23. The van der Waals surface area contributed by atoms with Crippen molar-refractivity contribution in [2.24, 2.45) is 0 Å². The second-order valence-electron chi connectivity index (χ2n) is 5.90. The molecule has 1 aliphatic heterocycles. The molecule has 0 N–H and O–H groups in total. The number of hydrogen-bond acceptors (Lipinski definition) is 6. The number of benzene rings is 1. The zero-order valence-electron chi connectivity index (χ0n) is 14.6. The predicted molar refractivity (Wildman–Crippen MR) is 98.3 cm³/mol. The lowest BCUT2D eigenvalue weighted by molar-refractivity contribution is 0.0589. The highest BCUT2D eigenvalue weighted by Crippen LogP contribution is 2.27. The Kier molecular flexibility index (Phi) is 6.01. The van der Waals surface area contributed by atoms with Crippen molar-refractivity contribution in [3.8, 4) is 16.3 Å². The van der Waals surface area contributed by atoms with E-state index < -0.39 is 0 Å². The summed E-state index contributed by atoms with van der Waals surface area (Å²) >= 11 is 1.48. The summed E-state index contributed by atoms with van der Waals surface area (Å²) < 4.78 is 10.4. The Balaban J connectivity index is 1.63. The van der Waals surface area contributed by atoms with Crippen molar-refractivity contribution >= 4 is 17.2 Å². The second kappa shape index (κ2) is 8.42. The maximum Gasteiger partial charge on any atom is 0.273 e. The van der Waals surface area contributed by atoms with E-state index in [1.165, 1.54) is 11.3 Å². The third-order valence-corrected chi connectivity index (χ3v) is 5.20. The molecule has 1 saturated heterocycles. The van der Waals surface area contributed by atoms with Gasteiger partial charge in [-0.15, -0.1) is 11.3 Å². The highest BCUT2D eigenvalue weighted by atomic mass is 32.1. The monoisotopic (exact) mass is 361 g/mol. The summed E-state index contributed by atoms with van der Waals surface area (Å²) in [5.41, 5.74) is 1.49. The van der Waals surface area contributed by atoms with Crippen LogP contribution < -0.4 is 4.74 Å². The van der Waals surface area contributed by atoms with Crippen LogP contribution in [0.3, 0.4) is 0 Å². The topological polar surface area (TPSA) is 54.9 Å². The average molecular weight is 361 g/mol. The Bertz CT molecular complexity index is 711. The number of nitrogens with zero attached hydrogens (tertiary/aromatic N) is 3. The Morgan fingerprint density at radius 1 is 1.24 bits per heavy atom. The van der Waals surface area contributed by atoms with E-state index in [-0.39, 0.29) is 5.91 Å². The van der Waals surface area contributed by atoms with Gasteiger partial charge in [-0.3, -0.25) is 9.69 Å². The summed E-state index contributed by atoms with van der Waals surface area (Å²) in [5.74, 6) is 0.796. The molecular weight excluding hydrogens is 338 g/mol. The van der Waals surface area contributed by atoms with E-state index >= 15 is 0 Å². The minimum absolute atomic E-state index is 0.0109. The van der Waals surface area contributed by atoms with Crippen molar-refractivity contribution in [2.75, 3.05) is 53.6 Å². The number of hydrogen-bond donors (Lipinski definition) is 0. The van der Waals surface area contributed by atoms with E-state index in [4.69, 9.17) is 9.47 Å². The van der Waals surface area contributed by atoms with Gasteiger partial charge in [0.1, 0.15) is 16.5 Å². The quantitative estimate of drug-likeness (QED) is 0.790. The largest absolute Gasteiger partial charge is 0.497 e. The van der Waals surface area contributed by atoms with Gasteiger partial charge in [-0.2, -0.15) is 0 Å². The van der Waals surface area contributed by atoms with Crippen LogP contribution in [-0.4, -0.2) is 74.2 Å². The zero-order chi connectivity index (χ0) is 17.6. The molecule has 0 saturated carbocycles. The first-order chi connectivity index (χ1) is 12.2. The molecule has 6 nitrogen and oxygen atoms in total. The van der Waals surface area contributed by atoms with Crippen molar-refractivity contribution in [3.05, 3.63) is 35.3 Å². The fourth-order valence-corrected chi connectivity index (χ4v) is 3.61. The standard InChI is InChI=1S/C18H23N3O3S/c1-23-11-10-20-6-8-21(9-7-20)18(22)16-13-25-17(19-16)14-4-3-5-15(12-14)24-2/h3-5,12-13H,6-11H2,1-2H3. The maximum atomic E-state index is 12.7. The van der Waals surface area contributed by atoms with Gasteiger partial charge in [0.2, 0.25) is 0 Å². The molecule has 0 atom stereocenters. The fraction of sp³-hybridized carbons (Fsp3) is 0.444. The predicted octanol–water partition coefficient (Wildman–Crippen LogP) is 2.22. The van der Waals surface area contributed by atoms with Crippen LogP contribution in [0.25, 0.3) is 10.6 Å². The SMILES string of the molecule is COCCN1CCN(C(=O)c2csc(-c3cccc(OC)c3)n2)CC1. The van der Waals surface area contributed by atoms with Crippen molar-refractivity contribution in [2.45, 2.75) is 0 Å². The number of carbonyl (C=O) groups excluding carboxylic acids is 1. The van der Waals surface area contributed by atoms with Crippen LogP contribution in [-0.2, 0) is 4.74 Å². The maximum absolute atomic E-state index is 12.7. The number of methoxy groups -OCH3 is 2. The van der Waals surface area contributed by atoms with E-state index in [2.05, 4.69) is 9.88 Å². The molecule has 0 unspecified atom stereocenters. The summed E-state index contributed by atoms with van der Waals surface area (Å²) in [4.78, 5) is 21.4. The van der Waals surface area contributed by atoms with Crippen LogP contribution in [0, 0.1) is 0 Å². The van der Waals surface area contributed by atoms with Crippen LogP contribution in [0.2, 0.25) is 0 Å². The molecule has 7 heteroatoms. The van der Waals surface area contributed by atoms with Crippen molar-refractivity contribution < 1.29 is 14.3 Å². The van der Waals surface area contributed by atoms with Crippen LogP contribution in [0.1, 0.15) is 10.5 Å². The third-order valence-electron chi connectivity index (χ3n) is 4.31. The third kappa shape index (κ3) is 4.36. The van der Waals surface area contributed by atoms with Crippen LogP contribution in [0.4, 0.5) is 0 Å². The van der Waals surface area contributed by atoms with Gasteiger partial charge in [0.25, 0.3) is 5.91 Å². The lowest BCUT2D eigenvalue weighted by atomic mass is 10.2. The molecular formula is C18H23N3O3S. The lowest BCUT2D eigenvalue weighted by Gasteiger charge is -2.34. The van der Waals surface area contributed by atoms with Crippen molar-refractivity contribution in [1.82, 2.24) is 14.8 Å². The number of carbonyl (C=O) groups is 1. The first-order valence-corrected chi connectivity index (χ1v) is 9.19. The molecule has 0 spiro atoms. The van der Waals surface area contributed by atoms with Crippen LogP contribution in [0.5, 0.6) is 5.75 Å². The van der Waals surface area contributed by atoms with Gasteiger partial charge >= 0.3 is 0 Å². The van der Waals surface area contributed by atoms with E-state index in [0.717, 1.165) is 55.7 Å². The molecule has 2 aromatic rings. The Morgan fingerprint density at radius 3 is 2.76 bits per heavy atom. The number of ether oxygens (including phenoxy) is 2. The molecule has 134 valence electrons.